The molecule has 3 heteroatoms. The summed E-state index contributed by atoms with van der Waals surface area (Å²) in [6.07, 6.45) is 4.09. The van der Waals surface area contributed by atoms with Gasteiger partial charge in [0.25, 0.3) is 0 Å². The number of ketones is 1. The molecule has 0 unspecified atom stereocenters. The smallest absolute Gasteiger partial charge is 0.152 e. The first-order chi connectivity index (χ1) is 7.72. The van der Waals surface area contributed by atoms with E-state index in [1.807, 2.05) is 30.3 Å². The molecule has 0 atom stereocenters. The summed E-state index contributed by atoms with van der Waals surface area (Å²) in [6, 6.07) is 7.41. The minimum Gasteiger partial charge on any atom is -0.497 e. The number of rotatable bonds is 6. The van der Waals surface area contributed by atoms with Crippen LogP contribution in [0.3, 0.4) is 0 Å². The van der Waals surface area contributed by atoms with E-state index in [9.17, 15) is 4.79 Å². The van der Waals surface area contributed by atoms with Gasteiger partial charge in [0.05, 0.1) is 13.7 Å². The molecule has 0 radical (unpaired) electrons. The number of allylic oxidation sites excluding steroid dienone is 1. The zero-order valence-corrected chi connectivity index (χ0v) is 9.60. The number of ether oxygens (including phenoxy) is 2. The summed E-state index contributed by atoms with van der Waals surface area (Å²) in [6.45, 7) is 2.09. The Balaban J connectivity index is 2.29. The Labute approximate surface area is 95.7 Å². The number of methoxy groups -OCH3 is 1. The van der Waals surface area contributed by atoms with Gasteiger partial charge in [-0.2, -0.15) is 0 Å². The number of benzene rings is 1. The van der Waals surface area contributed by atoms with Crippen molar-refractivity contribution in [3.8, 4) is 11.5 Å². The van der Waals surface area contributed by atoms with Gasteiger partial charge >= 0.3 is 0 Å². The van der Waals surface area contributed by atoms with Crippen LogP contribution in [0.4, 0.5) is 0 Å². The summed E-state index contributed by atoms with van der Waals surface area (Å²) in [5.41, 5.74) is 0. The second kappa shape index (κ2) is 6.67. The van der Waals surface area contributed by atoms with Gasteiger partial charge in [0.15, 0.2) is 5.78 Å². The van der Waals surface area contributed by atoms with Crippen molar-refractivity contribution in [3.63, 3.8) is 0 Å². The Morgan fingerprint density at radius 2 is 1.88 bits per heavy atom. The molecule has 0 aliphatic heterocycles. The fourth-order valence-corrected chi connectivity index (χ4v) is 1.17. The van der Waals surface area contributed by atoms with Gasteiger partial charge in [-0.3, -0.25) is 4.79 Å². The van der Waals surface area contributed by atoms with Crippen molar-refractivity contribution in [1.29, 1.82) is 0 Å². The van der Waals surface area contributed by atoms with Gasteiger partial charge in [-0.1, -0.05) is 6.08 Å². The third-order valence-corrected chi connectivity index (χ3v) is 1.97. The molecular weight excluding hydrogens is 204 g/mol. The first-order valence-corrected chi connectivity index (χ1v) is 5.16. The van der Waals surface area contributed by atoms with Crippen LogP contribution in [-0.4, -0.2) is 19.5 Å². The molecule has 1 aromatic rings. The zero-order chi connectivity index (χ0) is 11.8. The highest BCUT2D eigenvalue weighted by Crippen LogP contribution is 2.16. The van der Waals surface area contributed by atoms with E-state index in [0.29, 0.717) is 6.61 Å². The highest BCUT2D eigenvalue weighted by atomic mass is 16.5. The van der Waals surface area contributed by atoms with Gasteiger partial charge < -0.3 is 9.47 Å². The van der Waals surface area contributed by atoms with E-state index in [4.69, 9.17) is 9.47 Å². The van der Waals surface area contributed by atoms with Gasteiger partial charge in [0.1, 0.15) is 11.5 Å². The molecule has 86 valence electrons. The van der Waals surface area contributed by atoms with E-state index in [1.54, 1.807) is 13.2 Å². The molecule has 0 fully saturated rings. The first kappa shape index (κ1) is 12.3. The normalized spacial score (nSPS) is 10.4. The van der Waals surface area contributed by atoms with Crippen LogP contribution in [-0.2, 0) is 4.79 Å². The van der Waals surface area contributed by atoms with E-state index < -0.39 is 0 Å². The van der Waals surface area contributed by atoms with Crippen molar-refractivity contribution in [2.45, 2.75) is 13.3 Å². The Morgan fingerprint density at radius 3 is 2.44 bits per heavy atom. The average molecular weight is 220 g/mol. The summed E-state index contributed by atoms with van der Waals surface area (Å²) in [5.74, 6) is 1.67. The molecule has 0 aromatic heterocycles. The van der Waals surface area contributed by atoms with Crippen LogP contribution in [0.2, 0.25) is 0 Å². The first-order valence-electron chi connectivity index (χ1n) is 5.16. The number of carbonyl (C=O) groups is 1. The van der Waals surface area contributed by atoms with Crippen LogP contribution >= 0.6 is 0 Å². The lowest BCUT2D eigenvalue weighted by Gasteiger charge is -2.05. The lowest BCUT2D eigenvalue weighted by atomic mass is 10.3. The van der Waals surface area contributed by atoms with Crippen LogP contribution in [0.1, 0.15) is 13.3 Å². The Hall–Kier alpha value is -1.77. The molecule has 0 amide bonds. The summed E-state index contributed by atoms with van der Waals surface area (Å²) in [7, 11) is 1.63. The third-order valence-electron chi connectivity index (χ3n) is 1.97. The molecule has 1 rings (SSSR count). The fraction of sp³-hybridized carbons (Fsp3) is 0.308. The van der Waals surface area contributed by atoms with Crippen molar-refractivity contribution in [3.05, 3.63) is 36.4 Å². The molecule has 16 heavy (non-hydrogen) atoms. The van der Waals surface area contributed by atoms with Crippen LogP contribution in [0, 0.1) is 0 Å². The Kier molecular flexibility index (Phi) is 5.12. The molecule has 0 aliphatic rings. The van der Waals surface area contributed by atoms with Gasteiger partial charge in [0.2, 0.25) is 0 Å². The van der Waals surface area contributed by atoms with Crippen molar-refractivity contribution >= 4 is 5.78 Å². The molecule has 0 N–H and O–H groups in total. The maximum absolute atomic E-state index is 10.6. The van der Waals surface area contributed by atoms with Crippen LogP contribution in [0.5, 0.6) is 11.5 Å². The summed E-state index contributed by atoms with van der Waals surface area (Å²) in [5, 5.41) is 0. The molecule has 3 nitrogen and oxygen atoms in total. The number of carbonyl (C=O) groups excluding carboxylic acids is 1. The second-order valence-corrected chi connectivity index (χ2v) is 3.33. The quantitative estimate of drug-likeness (QED) is 0.546. The monoisotopic (exact) mass is 220 g/mol. The average Bonchev–Trinajstić information content (AvgIpc) is 2.29. The SMILES string of the molecule is COc1ccc(OCC/C=C/C(C)=O)cc1. The van der Waals surface area contributed by atoms with Crippen LogP contribution in [0.25, 0.3) is 0 Å². The summed E-state index contributed by atoms with van der Waals surface area (Å²) < 4.78 is 10.5. The molecule has 0 spiro atoms. The standard InChI is InChI=1S/C13H16O3/c1-11(14)5-3-4-10-16-13-8-6-12(15-2)7-9-13/h3,5-9H,4,10H2,1-2H3/b5-3+. The maximum Gasteiger partial charge on any atom is 0.152 e. The summed E-state index contributed by atoms with van der Waals surface area (Å²) >= 11 is 0. The Morgan fingerprint density at radius 1 is 1.25 bits per heavy atom. The minimum atomic E-state index is 0.0597. The van der Waals surface area contributed by atoms with Crippen molar-refractivity contribution in [1.82, 2.24) is 0 Å². The Bertz CT molecular complexity index is 352. The fourth-order valence-electron chi connectivity index (χ4n) is 1.17. The van der Waals surface area contributed by atoms with Crippen molar-refractivity contribution in [2.75, 3.05) is 13.7 Å². The molecule has 0 heterocycles. The van der Waals surface area contributed by atoms with Gasteiger partial charge in [-0.25, -0.2) is 0 Å². The second-order valence-electron chi connectivity index (χ2n) is 3.33. The predicted molar refractivity (Wildman–Crippen MR) is 62.9 cm³/mol. The van der Waals surface area contributed by atoms with Gasteiger partial charge in [0, 0.05) is 0 Å². The van der Waals surface area contributed by atoms with Crippen molar-refractivity contribution < 1.29 is 14.3 Å². The van der Waals surface area contributed by atoms with E-state index >= 15 is 0 Å². The predicted octanol–water partition coefficient (Wildman–Crippen LogP) is 2.61. The van der Waals surface area contributed by atoms with Gasteiger partial charge in [-0.05, 0) is 43.7 Å². The van der Waals surface area contributed by atoms with Crippen molar-refractivity contribution in [2.24, 2.45) is 0 Å². The van der Waals surface area contributed by atoms with E-state index in [2.05, 4.69) is 0 Å². The maximum atomic E-state index is 10.6. The van der Waals surface area contributed by atoms with E-state index in [-0.39, 0.29) is 5.78 Å². The number of hydrogen-bond acceptors (Lipinski definition) is 3. The van der Waals surface area contributed by atoms with E-state index in [1.165, 1.54) is 6.92 Å². The van der Waals surface area contributed by atoms with Crippen LogP contribution in [0.15, 0.2) is 36.4 Å². The van der Waals surface area contributed by atoms with E-state index in [0.717, 1.165) is 17.9 Å². The number of hydrogen-bond donors (Lipinski definition) is 0. The third kappa shape index (κ3) is 4.64. The summed E-state index contributed by atoms with van der Waals surface area (Å²) in [4.78, 5) is 10.6. The van der Waals surface area contributed by atoms with Crippen LogP contribution < -0.4 is 9.47 Å². The topological polar surface area (TPSA) is 35.5 Å². The molecule has 0 saturated heterocycles. The lowest BCUT2D eigenvalue weighted by molar-refractivity contribution is -0.112. The highest BCUT2D eigenvalue weighted by molar-refractivity contribution is 5.87. The van der Waals surface area contributed by atoms with Gasteiger partial charge in [-0.15, -0.1) is 0 Å². The highest BCUT2D eigenvalue weighted by Gasteiger charge is 1.93. The molecule has 0 bridgehead atoms. The molecular formula is C13H16O3. The lowest BCUT2D eigenvalue weighted by Crippen LogP contribution is -1.95. The largest absolute Gasteiger partial charge is 0.497 e. The molecule has 1 aromatic carbocycles. The molecule has 0 aliphatic carbocycles. The minimum absolute atomic E-state index is 0.0597. The molecule has 0 saturated carbocycles. The zero-order valence-electron chi connectivity index (χ0n) is 9.60.